The lowest BCUT2D eigenvalue weighted by Gasteiger charge is -1.94. The summed E-state index contributed by atoms with van der Waals surface area (Å²) in [6.45, 7) is 0. The maximum Gasteiger partial charge on any atom is 0.0347 e. The average Bonchev–Trinajstić information content (AvgIpc) is 2.46. The predicted octanol–water partition coefficient (Wildman–Crippen LogP) is 3.38. The molecule has 2 aromatic rings. The third kappa shape index (κ3) is 1.23. The normalized spacial score (nSPS) is 10.8. The fraction of sp³-hybridized carbons (Fsp3) is 0.111. The van der Waals surface area contributed by atoms with Crippen molar-refractivity contribution in [2.45, 2.75) is 5.33 Å². The number of nitrogens with two attached hydrogens (primary N) is 1. The Hall–Kier alpha value is -0.540. The highest BCUT2D eigenvalue weighted by molar-refractivity contribution is 9.08. The van der Waals surface area contributed by atoms with Gasteiger partial charge in [0.15, 0.2) is 0 Å². The highest BCUT2D eigenvalue weighted by Crippen LogP contribution is 2.28. The van der Waals surface area contributed by atoms with E-state index in [2.05, 4.69) is 27.4 Å². The number of hydrogen-bond donors (Lipinski definition) is 1. The van der Waals surface area contributed by atoms with Gasteiger partial charge < -0.3 is 5.73 Å². The van der Waals surface area contributed by atoms with Crippen LogP contribution in [0.3, 0.4) is 0 Å². The van der Waals surface area contributed by atoms with Crippen LogP contribution in [0.25, 0.3) is 10.1 Å². The molecule has 0 aliphatic rings. The van der Waals surface area contributed by atoms with Crippen molar-refractivity contribution in [2.75, 3.05) is 5.73 Å². The molecule has 2 rings (SSSR count). The molecule has 12 heavy (non-hydrogen) atoms. The van der Waals surface area contributed by atoms with Crippen LogP contribution >= 0.6 is 27.3 Å². The topological polar surface area (TPSA) is 26.0 Å². The van der Waals surface area contributed by atoms with Crippen molar-refractivity contribution in [2.24, 2.45) is 0 Å². The monoisotopic (exact) mass is 241 g/mol. The highest BCUT2D eigenvalue weighted by atomic mass is 79.9. The van der Waals surface area contributed by atoms with E-state index in [0.29, 0.717) is 0 Å². The molecule has 1 aromatic carbocycles. The van der Waals surface area contributed by atoms with E-state index in [1.54, 1.807) is 11.3 Å². The minimum absolute atomic E-state index is 0.836. The summed E-state index contributed by atoms with van der Waals surface area (Å²) in [5.74, 6) is 0. The van der Waals surface area contributed by atoms with Gasteiger partial charge in [0.25, 0.3) is 0 Å². The van der Waals surface area contributed by atoms with Gasteiger partial charge >= 0.3 is 0 Å². The molecular weight excluding hydrogens is 234 g/mol. The molecule has 0 fully saturated rings. The number of thiophene rings is 1. The number of alkyl halides is 1. The van der Waals surface area contributed by atoms with Crippen LogP contribution in [0.1, 0.15) is 5.56 Å². The molecule has 1 aromatic heterocycles. The van der Waals surface area contributed by atoms with Crippen LogP contribution in [0.5, 0.6) is 0 Å². The molecule has 0 bridgehead atoms. The van der Waals surface area contributed by atoms with Crippen LogP contribution < -0.4 is 5.73 Å². The predicted molar refractivity (Wildman–Crippen MR) is 58.9 cm³/mol. The zero-order valence-corrected chi connectivity index (χ0v) is 8.78. The fourth-order valence-electron chi connectivity index (χ4n) is 1.20. The van der Waals surface area contributed by atoms with Crippen molar-refractivity contribution >= 4 is 43.0 Å². The van der Waals surface area contributed by atoms with Crippen LogP contribution in [0.15, 0.2) is 23.6 Å². The zero-order valence-electron chi connectivity index (χ0n) is 6.38. The molecule has 0 aliphatic carbocycles. The minimum atomic E-state index is 0.836. The Balaban J connectivity index is 2.75. The van der Waals surface area contributed by atoms with Gasteiger partial charge in [-0.25, -0.2) is 0 Å². The van der Waals surface area contributed by atoms with Gasteiger partial charge in [0.05, 0.1) is 0 Å². The summed E-state index contributed by atoms with van der Waals surface area (Å²) in [4.78, 5) is 0. The molecule has 0 saturated carbocycles. The summed E-state index contributed by atoms with van der Waals surface area (Å²) in [6, 6.07) is 6.04. The van der Waals surface area contributed by atoms with Gasteiger partial charge in [-0.2, -0.15) is 0 Å². The van der Waals surface area contributed by atoms with Gasteiger partial charge in [0.1, 0.15) is 0 Å². The third-order valence-electron chi connectivity index (χ3n) is 1.82. The van der Waals surface area contributed by atoms with Gasteiger partial charge in [0, 0.05) is 15.7 Å². The smallest absolute Gasteiger partial charge is 0.0347 e. The Morgan fingerprint density at radius 3 is 3.00 bits per heavy atom. The van der Waals surface area contributed by atoms with Crippen molar-refractivity contribution in [1.29, 1.82) is 0 Å². The molecule has 0 aliphatic heterocycles. The third-order valence-corrected chi connectivity index (χ3v) is 3.44. The maximum atomic E-state index is 5.70. The number of halogens is 1. The zero-order chi connectivity index (χ0) is 8.55. The number of anilines is 1. The molecule has 2 N–H and O–H groups in total. The minimum Gasteiger partial charge on any atom is -0.399 e. The largest absolute Gasteiger partial charge is 0.399 e. The van der Waals surface area contributed by atoms with Crippen LogP contribution in [0, 0.1) is 0 Å². The summed E-state index contributed by atoms with van der Waals surface area (Å²) in [5, 5.41) is 4.34. The highest BCUT2D eigenvalue weighted by Gasteiger charge is 2.01. The second-order valence-corrected chi connectivity index (χ2v) is 4.12. The Kier molecular flexibility index (Phi) is 2.07. The maximum absolute atomic E-state index is 5.70. The number of benzene rings is 1. The number of hydrogen-bond acceptors (Lipinski definition) is 2. The molecule has 0 unspecified atom stereocenters. The second-order valence-electron chi connectivity index (χ2n) is 2.65. The summed E-state index contributed by atoms with van der Waals surface area (Å²) in [7, 11) is 0. The Labute approximate surface area is 83.3 Å². The fourth-order valence-corrected chi connectivity index (χ4v) is 2.82. The summed E-state index contributed by atoms with van der Waals surface area (Å²) in [6.07, 6.45) is 0. The standard InChI is InChI=1S/C9H8BrNS/c10-4-6-5-12-9-2-1-7(11)3-8(6)9/h1-3,5H,4,11H2. The lowest BCUT2D eigenvalue weighted by atomic mass is 10.2. The van der Waals surface area contributed by atoms with Crippen molar-refractivity contribution in [3.8, 4) is 0 Å². The van der Waals surface area contributed by atoms with Gasteiger partial charge in [-0.3, -0.25) is 0 Å². The summed E-state index contributed by atoms with van der Waals surface area (Å²) in [5.41, 5.74) is 7.85. The molecular formula is C9H8BrNS. The molecule has 1 heterocycles. The first kappa shape index (κ1) is 8.08. The van der Waals surface area contributed by atoms with E-state index >= 15 is 0 Å². The van der Waals surface area contributed by atoms with E-state index in [-0.39, 0.29) is 0 Å². The van der Waals surface area contributed by atoms with Gasteiger partial charge in [-0.15, -0.1) is 11.3 Å². The summed E-state index contributed by atoms with van der Waals surface area (Å²) >= 11 is 5.21. The van der Waals surface area contributed by atoms with Crippen molar-refractivity contribution in [3.63, 3.8) is 0 Å². The molecule has 1 nitrogen and oxygen atoms in total. The van der Waals surface area contributed by atoms with E-state index < -0.39 is 0 Å². The first-order valence-corrected chi connectivity index (χ1v) is 5.63. The second kappa shape index (κ2) is 3.07. The molecule has 0 spiro atoms. The lowest BCUT2D eigenvalue weighted by molar-refractivity contribution is 1.55. The molecule has 0 radical (unpaired) electrons. The summed E-state index contributed by atoms with van der Waals surface area (Å²) < 4.78 is 1.30. The molecule has 0 atom stereocenters. The Bertz CT molecular complexity index is 408. The van der Waals surface area contributed by atoms with Crippen LogP contribution in [0.4, 0.5) is 5.69 Å². The van der Waals surface area contributed by atoms with E-state index in [9.17, 15) is 0 Å². The van der Waals surface area contributed by atoms with Crippen molar-refractivity contribution in [1.82, 2.24) is 0 Å². The molecule has 0 amide bonds. The van der Waals surface area contributed by atoms with Crippen LogP contribution in [-0.4, -0.2) is 0 Å². The van der Waals surface area contributed by atoms with Crippen LogP contribution in [-0.2, 0) is 5.33 Å². The van der Waals surface area contributed by atoms with E-state index in [0.717, 1.165) is 11.0 Å². The Morgan fingerprint density at radius 1 is 1.42 bits per heavy atom. The molecule has 3 heteroatoms. The molecule has 62 valence electrons. The first-order chi connectivity index (χ1) is 5.81. The average molecular weight is 242 g/mol. The SMILES string of the molecule is Nc1ccc2scc(CBr)c2c1. The quantitative estimate of drug-likeness (QED) is 0.602. The lowest BCUT2D eigenvalue weighted by Crippen LogP contribution is -1.82. The first-order valence-electron chi connectivity index (χ1n) is 3.63. The van der Waals surface area contributed by atoms with E-state index in [4.69, 9.17) is 5.73 Å². The Morgan fingerprint density at radius 2 is 2.25 bits per heavy atom. The van der Waals surface area contributed by atoms with Crippen molar-refractivity contribution in [3.05, 3.63) is 29.1 Å². The number of fused-ring (bicyclic) bond motifs is 1. The number of rotatable bonds is 1. The van der Waals surface area contributed by atoms with Gasteiger partial charge in [-0.1, -0.05) is 15.9 Å². The van der Waals surface area contributed by atoms with E-state index in [1.165, 1.54) is 15.6 Å². The molecule has 0 saturated heterocycles. The van der Waals surface area contributed by atoms with Gasteiger partial charge in [0.2, 0.25) is 0 Å². The van der Waals surface area contributed by atoms with Gasteiger partial charge in [-0.05, 0) is 34.5 Å². The van der Waals surface area contributed by atoms with E-state index in [1.807, 2.05) is 12.1 Å². The van der Waals surface area contributed by atoms with Crippen molar-refractivity contribution < 1.29 is 0 Å². The number of nitrogen functional groups attached to an aromatic ring is 1. The van der Waals surface area contributed by atoms with Crippen LogP contribution in [0.2, 0.25) is 0 Å².